The van der Waals surface area contributed by atoms with Crippen LogP contribution in [0, 0.1) is 11.8 Å². The summed E-state index contributed by atoms with van der Waals surface area (Å²) in [4.78, 5) is 34.8. The van der Waals surface area contributed by atoms with Gasteiger partial charge < -0.3 is 16.4 Å². The van der Waals surface area contributed by atoms with Gasteiger partial charge in [-0.2, -0.15) is 0 Å². The highest BCUT2D eigenvalue weighted by Gasteiger charge is 2.28. The molecule has 0 unspecified atom stereocenters. The Bertz CT molecular complexity index is 356. The lowest BCUT2D eigenvalue weighted by molar-refractivity contribution is -0.132. The first-order valence-corrected chi connectivity index (χ1v) is 7.05. The van der Waals surface area contributed by atoms with E-state index in [-0.39, 0.29) is 23.7 Å². The molecule has 116 valence electrons. The first kappa shape index (κ1) is 18.4. The van der Waals surface area contributed by atoms with Gasteiger partial charge in [-0.15, -0.1) is 0 Å². The van der Waals surface area contributed by atoms with Gasteiger partial charge in [0.2, 0.25) is 17.7 Å². The molecule has 0 saturated carbocycles. The number of nitrogens with two attached hydrogens (primary N) is 1. The molecule has 3 amide bonds. The van der Waals surface area contributed by atoms with Crippen molar-refractivity contribution in [3.8, 4) is 0 Å². The summed E-state index contributed by atoms with van der Waals surface area (Å²) in [7, 11) is 0. The number of rotatable bonds is 8. The average molecular weight is 285 g/mol. The van der Waals surface area contributed by atoms with Crippen molar-refractivity contribution in [2.75, 3.05) is 0 Å². The van der Waals surface area contributed by atoms with E-state index in [0.29, 0.717) is 6.42 Å². The van der Waals surface area contributed by atoms with Crippen molar-refractivity contribution >= 4 is 17.7 Å². The summed E-state index contributed by atoms with van der Waals surface area (Å²) in [6.07, 6.45) is 1.22. The number of nitrogens with one attached hydrogen (secondary N) is 2. The Morgan fingerprint density at radius 1 is 1.10 bits per heavy atom. The number of carbonyl (C=O) groups excluding carboxylic acids is 3. The van der Waals surface area contributed by atoms with Crippen LogP contribution in [0.3, 0.4) is 0 Å². The maximum Gasteiger partial charge on any atom is 0.243 e. The molecule has 0 aliphatic rings. The Morgan fingerprint density at radius 3 is 2.00 bits per heavy atom. The molecule has 6 nitrogen and oxygen atoms in total. The third-order valence-corrected chi connectivity index (χ3v) is 3.22. The molecule has 0 radical (unpaired) electrons. The number of hydrogen-bond donors (Lipinski definition) is 3. The summed E-state index contributed by atoms with van der Waals surface area (Å²) in [5, 5.41) is 5.27. The van der Waals surface area contributed by atoms with Crippen LogP contribution in [0.4, 0.5) is 0 Å². The summed E-state index contributed by atoms with van der Waals surface area (Å²) < 4.78 is 0. The SMILES string of the molecule is CC[C@H](C)[C@H](NC(C)=O)C(=O)N[C@@H](CC(C)C)C(N)=O. The van der Waals surface area contributed by atoms with Gasteiger partial charge in [0, 0.05) is 6.92 Å². The summed E-state index contributed by atoms with van der Waals surface area (Å²) >= 11 is 0. The van der Waals surface area contributed by atoms with Crippen molar-refractivity contribution in [1.82, 2.24) is 10.6 Å². The molecule has 0 aliphatic heterocycles. The molecule has 0 saturated heterocycles. The summed E-state index contributed by atoms with van der Waals surface area (Å²) in [6.45, 7) is 9.07. The summed E-state index contributed by atoms with van der Waals surface area (Å²) in [5.74, 6) is -0.983. The first-order valence-electron chi connectivity index (χ1n) is 7.05. The van der Waals surface area contributed by atoms with Crippen LogP contribution in [0.1, 0.15) is 47.5 Å². The molecule has 0 spiro atoms. The molecule has 0 aromatic heterocycles. The lowest BCUT2D eigenvalue weighted by Crippen LogP contribution is -2.55. The zero-order chi connectivity index (χ0) is 15.9. The molecule has 0 rings (SSSR count). The van der Waals surface area contributed by atoms with Gasteiger partial charge in [-0.25, -0.2) is 0 Å². The van der Waals surface area contributed by atoms with E-state index < -0.39 is 18.0 Å². The molecule has 0 aromatic carbocycles. The van der Waals surface area contributed by atoms with Crippen molar-refractivity contribution in [3.05, 3.63) is 0 Å². The van der Waals surface area contributed by atoms with Crippen LogP contribution >= 0.6 is 0 Å². The zero-order valence-corrected chi connectivity index (χ0v) is 13.0. The monoisotopic (exact) mass is 285 g/mol. The highest BCUT2D eigenvalue weighted by Crippen LogP contribution is 2.10. The van der Waals surface area contributed by atoms with E-state index in [9.17, 15) is 14.4 Å². The molecular weight excluding hydrogens is 258 g/mol. The molecule has 0 aromatic rings. The van der Waals surface area contributed by atoms with Crippen LogP contribution in [0.15, 0.2) is 0 Å². The molecule has 4 N–H and O–H groups in total. The molecule has 3 atom stereocenters. The number of amides is 3. The highest BCUT2D eigenvalue weighted by molar-refractivity contribution is 5.91. The highest BCUT2D eigenvalue weighted by atomic mass is 16.2. The van der Waals surface area contributed by atoms with Crippen LogP contribution in [-0.2, 0) is 14.4 Å². The Morgan fingerprint density at radius 2 is 1.65 bits per heavy atom. The van der Waals surface area contributed by atoms with Crippen LogP contribution < -0.4 is 16.4 Å². The van der Waals surface area contributed by atoms with E-state index in [4.69, 9.17) is 5.73 Å². The minimum absolute atomic E-state index is 0.0218. The second-order valence-corrected chi connectivity index (χ2v) is 5.66. The predicted molar refractivity (Wildman–Crippen MR) is 77.6 cm³/mol. The normalized spacial score (nSPS) is 15.3. The molecule has 0 bridgehead atoms. The van der Waals surface area contributed by atoms with Crippen LogP contribution in [-0.4, -0.2) is 29.8 Å². The number of hydrogen-bond acceptors (Lipinski definition) is 3. The van der Waals surface area contributed by atoms with E-state index in [0.717, 1.165) is 6.42 Å². The number of primary amides is 1. The van der Waals surface area contributed by atoms with Crippen LogP contribution in [0.5, 0.6) is 0 Å². The van der Waals surface area contributed by atoms with E-state index in [2.05, 4.69) is 10.6 Å². The van der Waals surface area contributed by atoms with Gasteiger partial charge in [-0.1, -0.05) is 34.1 Å². The Labute approximate surface area is 120 Å². The Balaban J connectivity index is 4.86. The van der Waals surface area contributed by atoms with E-state index in [1.54, 1.807) is 0 Å². The smallest absolute Gasteiger partial charge is 0.243 e. The standard InChI is InChI=1S/C14H27N3O3/c1-6-9(4)12(16-10(5)18)14(20)17-11(13(15)19)7-8(2)3/h8-9,11-12H,6-7H2,1-5H3,(H2,15,19)(H,16,18)(H,17,20)/t9-,11-,12-/m0/s1. The fraction of sp³-hybridized carbons (Fsp3) is 0.786. The predicted octanol–water partition coefficient (Wildman–Crippen LogP) is 0.553. The molecule has 20 heavy (non-hydrogen) atoms. The lowest BCUT2D eigenvalue weighted by Gasteiger charge is -2.25. The molecular formula is C14H27N3O3. The van der Waals surface area contributed by atoms with Gasteiger partial charge in [0.15, 0.2) is 0 Å². The van der Waals surface area contributed by atoms with Gasteiger partial charge in [0.1, 0.15) is 12.1 Å². The Hall–Kier alpha value is -1.59. The minimum atomic E-state index is -0.706. The largest absolute Gasteiger partial charge is 0.368 e. The Kier molecular flexibility index (Phi) is 7.87. The summed E-state index contributed by atoms with van der Waals surface area (Å²) in [5.41, 5.74) is 5.30. The van der Waals surface area contributed by atoms with E-state index in [1.165, 1.54) is 6.92 Å². The minimum Gasteiger partial charge on any atom is -0.368 e. The second-order valence-electron chi connectivity index (χ2n) is 5.66. The quantitative estimate of drug-likeness (QED) is 0.607. The van der Waals surface area contributed by atoms with Crippen LogP contribution in [0.25, 0.3) is 0 Å². The van der Waals surface area contributed by atoms with Crippen molar-refractivity contribution < 1.29 is 14.4 Å². The lowest BCUT2D eigenvalue weighted by atomic mass is 9.97. The van der Waals surface area contributed by atoms with Crippen molar-refractivity contribution in [2.24, 2.45) is 17.6 Å². The van der Waals surface area contributed by atoms with E-state index in [1.807, 2.05) is 27.7 Å². The fourth-order valence-electron chi connectivity index (χ4n) is 1.90. The van der Waals surface area contributed by atoms with Gasteiger partial charge in [-0.3, -0.25) is 14.4 Å². The molecule has 0 aliphatic carbocycles. The molecule has 0 fully saturated rings. The molecule has 6 heteroatoms. The number of carbonyl (C=O) groups is 3. The van der Waals surface area contributed by atoms with Crippen LogP contribution in [0.2, 0.25) is 0 Å². The fourth-order valence-corrected chi connectivity index (χ4v) is 1.90. The van der Waals surface area contributed by atoms with Gasteiger partial charge in [-0.05, 0) is 18.3 Å². The maximum atomic E-state index is 12.2. The third-order valence-electron chi connectivity index (χ3n) is 3.22. The topological polar surface area (TPSA) is 101 Å². The van der Waals surface area contributed by atoms with Crippen molar-refractivity contribution in [3.63, 3.8) is 0 Å². The zero-order valence-electron chi connectivity index (χ0n) is 13.0. The van der Waals surface area contributed by atoms with E-state index >= 15 is 0 Å². The van der Waals surface area contributed by atoms with Crippen molar-refractivity contribution in [1.29, 1.82) is 0 Å². The van der Waals surface area contributed by atoms with Gasteiger partial charge >= 0.3 is 0 Å². The average Bonchev–Trinajstić information content (AvgIpc) is 2.33. The second kappa shape index (κ2) is 8.55. The third kappa shape index (κ3) is 6.54. The maximum absolute atomic E-state index is 12.2. The summed E-state index contributed by atoms with van der Waals surface area (Å²) in [6, 6.07) is -1.35. The molecule has 0 heterocycles. The van der Waals surface area contributed by atoms with Crippen molar-refractivity contribution in [2.45, 2.75) is 59.5 Å². The van der Waals surface area contributed by atoms with Gasteiger partial charge in [0.25, 0.3) is 0 Å². The first-order chi connectivity index (χ1) is 9.18. The van der Waals surface area contributed by atoms with Gasteiger partial charge in [0.05, 0.1) is 0 Å².